The first kappa shape index (κ1) is 21.2. The second kappa shape index (κ2) is 10.3. The molecule has 1 aromatic rings. The summed E-state index contributed by atoms with van der Waals surface area (Å²) in [5.74, 6) is 0.217. The number of benzene rings is 1. The summed E-state index contributed by atoms with van der Waals surface area (Å²) in [5.41, 5.74) is 0. The SMILES string of the molecule is CC(CNC(=O)CCNS(=O)(=O)c1ccccc1Cl)CN1CCCCC1. The van der Waals surface area contributed by atoms with Crippen LogP contribution in [0.3, 0.4) is 0 Å². The lowest BCUT2D eigenvalue weighted by Crippen LogP contribution is -2.38. The minimum absolute atomic E-state index is 0.0252. The summed E-state index contributed by atoms with van der Waals surface area (Å²) in [6, 6.07) is 6.23. The number of likely N-dealkylation sites (tertiary alicyclic amines) is 1. The number of carbonyl (C=O) groups excluding carboxylic acids is 1. The lowest BCUT2D eigenvalue weighted by Gasteiger charge is -2.29. The van der Waals surface area contributed by atoms with Gasteiger partial charge in [0.15, 0.2) is 0 Å². The van der Waals surface area contributed by atoms with Crippen molar-refractivity contribution in [3.8, 4) is 0 Å². The molecule has 1 fully saturated rings. The molecule has 1 aliphatic heterocycles. The molecule has 1 aliphatic rings. The van der Waals surface area contributed by atoms with E-state index in [0.29, 0.717) is 12.5 Å². The predicted molar refractivity (Wildman–Crippen MR) is 104 cm³/mol. The second-order valence-electron chi connectivity index (χ2n) is 6.85. The maximum atomic E-state index is 12.2. The van der Waals surface area contributed by atoms with Gasteiger partial charge in [-0.05, 0) is 44.0 Å². The lowest BCUT2D eigenvalue weighted by atomic mass is 10.1. The van der Waals surface area contributed by atoms with Gasteiger partial charge in [0.1, 0.15) is 4.90 Å². The number of hydrogen-bond donors (Lipinski definition) is 2. The van der Waals surface area contributed by atoms with E-state index in [9.17, 15) is 13.2 Å². The number of halogens is 1. The van der Waals surface area contributed by atoms with Crippen molar-refractivity contribution in [2.45, 2.75) is 37.5 Å². The molecule has 2 N–H and O–H groups in total. The molecule has 1 amide bonds. The number of carbonyl (C=O) groups is 1. The number of amides is 1. The van der Waals surface area contributed by atoms with Gasteiger partial charge in [0.25, 0.3) is 0 Å². The van der Waals surface area contributed by atoms with Gasteiger partial charge in [-0.1, -0.05) is 37.1 Å². The highest BCUT2D eigenvalue weighted by atomic mass is 35.5. The van der Waals surface area contributed by atoms with Crippen LogP contribution in [0.4, 0.5) is 0 Å². The summed E-state index contributed by atoms with van der Waals surface area (Å²) < 4.78 is 26.8. The molecule has 1 heterocycles. The van der Waals surface area contributed by atoms with Crippen molar-refractivity contribution in [1.82, 2.24) is 14.9 Å². The van der Waals surface area contributed by atoms with E-state index in [0.717, 1.165) is 19.6 Å². The third-order valence-corrected chi connectivity index (χ3v) is 6.40. The average Bonchev–Trinajstić information content (AvgIpc) is 2.61. The van der Waals surface area contributed by atoms with Crippen LogP contribution in [0, 0.1) is 5.92 Å². The Bertz CT molecular complexity index is 691. The fourth-order valence-electron chi connectivity index (χ4n) is 3.06. The summed E-state index contributed by atoms with van der Waals surface area (Å²) in [4.78, 5) is 14.4. The zero-order chi connectivity index (χ0) is 19.0. The van der Waals surface area contributed by atoms with E-state index in [1.165, 1.54) is 31.4 Å². The molecule has 0 radical (unpaired) electrons. The average molecular weight is 402 g/mol. The molecule has 1 unspecified atom stereocenters. The predicted octanol–water partition coefficient (Wildman–Crippen LogP) is 2.25. The number of piperidine rings is 1. The molecule has 8 heteroatoms. The van der Waals surface area contributed by atoms with Gasteiger partial charge in [0, 0.05) is 26.1 Å². The van der Waals surface area contributed by atoms with Crippen LogP contribution in [0.5, 0.6) is 0 Å². The van der Waals surface area contributed by atoms with Crippen LogP contribution < -0.4 is 10.0 Å². The molecule has 1 atom stereocenters. The van der Waals surface area contributed by atoms with E-state index in [-0.39, 0.29) is 28.8 Å². The molecule has 0 aliphatic carbocycles. The molecule has 2 rings (SSSR count). The first-order chi connectivity index (χ1) is 12.4. The quantitative estimate of drug-likeness (QED) is 0.665. The van der Waals surface area contributed by atoms with Crippen LogP contribution in [-0.4, -0.2) is 51.9 Å². The Balaban J connectivity index is 1.67. The van der Waals surface area contributed by atoms with E-state index in [1.54, 1.807) is 12.1 Å². The molecule has 0 aromatic heterocycles. The molecular weight excluding hydrogens is 374 g/mol. The van der Waals surface area contributed by atoms with Gasteiger partial charge < -0.3 is 10.2 Å². The van der Waals surface area contributed by atoms with Crippen molar-refractivity contribution in [3.05, 3.63) is 29.3 Å². The van der Waals surface area contributed by atoms with Crippen molar-refractivity contribution in [2.75, 3.05) is 32.7 Å². The summed E-state index contributed by atoms with van der Waals surface area (Å²) in [7, 11) is -3.71. The van der Waals surface area contributed by atoms with Crippen LogP contribution in [0.2, 0.25) is 5.02 Å². The highest BCUT2D eigenvalue weighted by molar-refractivity contribution is 7.89. The van der Waals surface area contributed by atoms with Gasteiger partial charge in [0.2, 0.25) is 15.9 Å². The van der Waals surface area contributed by atoms with Crippen molar-refractivity contribution in [1.29, 1.82) is 0 Å². The maximum absolute atomic E-state index is 12.2. The van der Waals surface area contributed by atoms with Gasteiger partial charge in [-0.2, -0.15) is 0 Å². The van der Waals surface area contributed by atoms with Crippen LogP contribution in [0.15, 0.2) is 29.2 Å². The Morgan fingerprint density at radius 3 is 2.62 bits per heavy atom. The van der Waals surface area contributed by atoms with Gasteiger partial charge >= 0.3 is 0 Å². The van der Waals surface area contributed by atoms with E-state index in [4.69, 9.17) is 11.6 Å². The fraction of sp³-hybridized carbons (Fsp3) is 0.611. The van der Waals surface area contributed by atoms with Gasteiger partial charge in [-0.3, -0.25) is 4.79 Å². The summed E-state index contributed by atoms with van der Waals surface area (Å²) in [6.07, 6.45) is 3.92. The lowest BCUT2D eigenvalue weighted by molar-refractivity contribution is -0.121. The first-order valence-electron chi connectivity index (χ1n) is 9.12. The number of nitrogens with one attached hydrogen (secondary N) is 2. The Morgan fingerprint density at radius 1 is 1.23 bits per heavy atom. The molecule has 6 nitrogen and oxygen atoms in total. The third-order valence-electron chi connectivity index (χ3n) is 4.44. The van der Waals surface area contributed by atoms with Crippen molar-refractivity contribution >= 4 is 27.5 Å². The number of sulfonamides is 1. The fourth-order valence-corrected chi connectivity index (χ4v) is 4.61. The van der Waals surface area contributed by atoms with Gasteiger partial charge in [0.05, 0.1) is 5.02 Å². The molecule has 0 saturated carbocycles. The number of nitrogens with zero attached hydrogens (tertiary/aromatic N) is 1. The van der Waals surface area contributed by atoms with Crippen molar-refractivity contribution in [2.24, 2.45) is 5.92 Å². The maximum Gasteiger partial charge on any atom is 0.242 e. The smallest absolute Gasteiger partial charge is 0.242 e. The molecule has 26 heavy (non-hydrogen) atoms. The molecule has 1 aromatic carbocycles. The third kappa shape index (κ3) is 6.87. The van der Waals surface area contributed by atoms with Crippen molar-refractivity contribution < 1.29 is 13.2 Å². The van der Waals surface area contributed by atoms with E-state index in [2.05, 4.69) is 21.9 Å². The zero-order valence-electron chi connectivity index (χ0n) is 15.2. The molecule has 0 bridgehead atoms. The molecule has 146 valence electrons. The van der Waals surface area contributed by atoms with E-state index < -0.39 is 10.0 Å². The van der Waals surface area contributed by atoms with Crippen molar-refractivity contribution in [3.63, 3.8) is 0 Å². The normalized spacial score (nSPS) is 17.0. The Kier molecular flexibility index (Phi) is 8.34. The highest BCUT2D eigenvalue weighted by Gasteiger charge is 2.18. The Labute approximate surface area is 161 Å². The van der Waals surface area contributed by atoms with E-state index >= 15 is 0 Å². The minimum atomic E-state index is -3.71. The minimum Gasteiger partial charge on any atom is -0.356 e. The molecule has 1 saturated heterocycles. The Morgan fingerprint density at radius 2 is 1.92 bits per heavy atom. The summed E-state index contributed by atoms with van der Waals surface area (Å²) >= 11 is 5.91. The van der Waals surface area contributed by atoms with Crippen LogP contribution in [0.1, 0.15) is 32.6 Å². The zero-order valence-corrected chi connectivity index (χ0v) is 16.8. The standard InChI is InChI=1S/C18H28ClN3O3S/c1-15(14-22-11-5-2-6-12-22)13-20-18(23)9-10-21-26(24,25)17-8-4-3-7-16(17)19/h3-4,7-8,15,21H,2,5-6,9-14H2,1H3,(H,20,23). The molecule has 0 spiro atoms. The topological polar surface area (TPSA) is 78.5 Å². The van der Waals surface area contributed by atoms with Gasteiger partial charge in [-0.15, -0.1) is 0 Å². The first-order valence-corrected chi connectivity index (χ1v) is 11.0. The number of rotatable bonds is 9. The summed E-state index contributed by atoms with van der Waals surface area (Å²) in [6.45, 7) is 6.03. The monoisotopic (exact) mass is 401 g/mol. The Hall–Kier alpha value is -1.15. The highest BCUT2D eigenvalue weighted by Crippen LogP contribution is 2.19. The largest absolute Gasteiger partial charge is 0.356 e. The number of hydrogen-bond acceptors (Lipinski definition) is 4. The van der Waals surface area contributed by atoms with Crippen LogP contribution in [-0.2, 0) is 14.8 Å². The van der Waals surface area contributed by atoms with Gasteiger partial charge in [-0.25, -0.2) is 13.1 Å². The van der Waals surface area contributed by atoms with Crippen LogP contribution >= 0.6 is 11.6 Å². The molecular formula is C18H28ClN3O3S. The van der Waals surface area contributed by atoms with E-state index in [1.807, 2.05) is 0 Å². The van der Waals surface area contributed by atoms with Crippen LogP contribution in [0.25, 0.3) is 0 Å². The second-order valence-corrected chi connectivity index (χ2v) is 8.99. The summed E-state index contributed by atoms with van der Waals surface area (Å²) in [5, 5.41) is 3.05.